The highest BCUT2D eigenvalue weighted by atomic mass is 32.2. The predicted octanol–water partition coefficient (Wildman–Crippen LogP) is 6.55. The van der Waals surface area contributed by atoms with E-state index in [0.717, 1.165) is 60.2 Å². The number of thioether (sulfide) groups is 1. The van der Waals surface area contributed by atoms with E-state index in [4.69, 9.17) is 4.98 Å². The highest BCUT2D eigenvalue weighted by Gasteiger charge is 2.44. The molecule has 0 radical (unpaired) electrons. The number of carbonyl (C=O) groups is 1. The largest absolute Gasteiger partial charge is 0.293 e. The van der Waals surface area contributed by atoms with Crippen LogP contribution in [0.5, 0.6) is 0 Å². The lowest BCUT2D eigenvalue weighted by Crippen LogP contribution is -2.40. The van der Waals surface area contributed by atoms with Gasteiger partial charge in [-0.25, -0.2) is 4.98 Å². The van der Waals surface area contributed by atoms with Crippen molar-refractivity contribution >= 4 is 17.5 Å². The van der Waals surface area contributed by atoms with Crippen LogP contribution >= 0.6 is 11.8 Å². The molecule has 3 aromatic carbocycles. The summed E-state index contributed by atoms with van der Waals surface area (Å²) in [5.74, 6) is 0.240. The summed E-state index contributed by atoms with van der Waals surface area (Å²) >= 11 is 1.34. The minimum absolute atomic E-state index is 0.00918. The number of aryl methyl sites for hydroxylation is 1. The predicted molar refractivity (Wildman–Crippen MR) is 145 cm³/mol. The van der Waals surface area contributed by atoms with Crippen molar-refractivity contribution in [3.8, 4) is 16.9 Å². The molecular weight excluding hydrogens is 464 g/mol. The van der Waals surface area contributed by atoms with Crippen molar-refractivity contribution in [2.45, 2.75) is 49.6 Å². The first-order valence-corrected chi connectivity index (χ1v) is 13.6. The molecule has 180 valence electrons. The quantitative estimate of drug-likeness (QED) is 0.180. The van der Waals surface area contributed by atoms with Crippen LogP contribution in [0.15, 0.2) is 88.8 Å². The summed E-state index contributed by atoms with van der Waals surface area (Å²) in [7, 11) is 0. The molecule has 4 nitrogen and oxygen atoms in total. The molecule has 1 heterocycles. The van der Waals surface area contributed by atoms with Gasteiger partial charge in [0.1, 0.15) is 0 Å². The minimum atomic E-state index is -0.163. The Morgan fingerprint density at radius 3 is 2.39 bits per heavy atom. The number of hydrogen-bond donors (Lipinski definition) is 0. The minimum Gasteiger partial charge on any atom is -0.293 e. The molecule has 6 rings (SSSR count). The van der Waals surface area contributed by atoms with Crippen LogP contribution in [0.2, 0.25) is 0 Å². The van der Waals surface area contributed by atoms with E-state index < -0.39 is 0 Å². The van der Waals surface area contributed by atoms with Gasteiger partial charge in [0.15, 0.2) is 10.9 Å². The van der Waals surface area contributed by atoms with E-state index >= 15 is 0 Å². The number of fused-ring (bicyclic) bond motifs is 4. The van der Waals surface area contributed by atoms with Gasteiger partial charge in [-0.05, 0) is 43.9 Å². The van der Waals surface area contributed by atoms with Crippen molar-refractivity contribution in [3.05, 3.63) is 111 Å². The maximum Gasteiger partial charge on any atom is 0.263 e. The zero-order valence-corrected chi connectivity index (χ0v) is 21.2. The fourth-order valence-electron chi connectivity index (χ4n) is 5.87. The van der Waals surface area contributed by atoms with Gasteiger partial charge in [0, 0.05) is 16.5 Å². The van der Waals surface area contributed by atoms with Crippen molar-refractivity contribution < 1.29 is 4.79 Å². The van der Waals surface area contributed by atoms with Crippen molar-refractivity contribution in [2.75, 3.05) is 5.75 Å². The van der Waals surface area contributed by atoms with Crippen LogP contribution in [-0.2, 0) is 11.8 Å². The lowest BCUT2D eigenvalue weighted by atomic mass is 9.68. The molecular formula is C31H28N2O2S. The van der Waals surface area contributed by atoms with E-state index in [2.05, 4.69) is 18.2 Å². The molecule has 36 heavy (non-hydrogen) atoms. The molecule has 0 amide bonds. The Balaban J connectivity index is 1.54. The fraction of sp³-hybridized carbons (Fsp3) is 0.258. The highest BCUT2D eigenvalue weighted by Crippen LogP contribution is 2.50. The maximum atomic E-state index is 14.4. The molecule has 0 bridgehead atoms. The molecule has 1 aromatic heterocycles. The number of benzene rings is 3. The number of carbonyl (C=O) groups excluding carboxylic acids is 1. The highest BCUT2D eigenvalue weighted by molar-refractivity contribution is 7.99. The first kappa shape index (κ1) is 23.0. The second-order valence-corrected chi connectivity index (χ2v) is 10.9. The molecule has 1 fully saturated rings. The summed E-state index contributed by atoms with van der Waals surface area (Å²) in [5.41, 5.74) is 6.42. The van der Waals surface area contributed by atoms with Crippen LogP contribution in [-0.4, -0.2) is 21.1 Å². The van der Waals surface area contributed by atoms with Gasteiger partial charge < -0.3 is 0 Å². The van der Waals surface area contributed by atoms with Crippen LogP contribution in [0.3, 0.4) is 0 Å². The van der Waals surface area contributed by atoms with E-state index in [1.807, 2.05) is 67.6 Å². The van der Waals surface area contributed by atoms with Gasteiger partial charge in [0.25, 0.3) is 5.56 Å². The molecule has 0 saturated heterocycles. The third-order valence-electron chi connectivity index (χ3n) is 7.67. The molecule has 2 aliphatic carbocycles. The number of aromatic nitrogens is 2. The van der Waals surface area contributed by atoms with Crippen LogP contribution in [0.4, 0.5) is 0 Å². The van der Waals surface area contributed by atoms with Crippen LogP contribution in [0, 0.1) is 6.92 Å². The van der Waals surface area contributed by atoms with Crippen molar-refractivity contribution in [1.82, 2.24) is 9.55 Å². The number of Topliss-reactive ketones (excluding diaryl/α,β-unsaturated/α-hetero) is 1. The SMILES string of the molecule is Cc1ccc(-n2c(SCC(=O)c3ccccc3)nc3c(c2=O)C2(CCCC2)Cc2ccccc2-3)cc1. The van der Waals surface area contributed by atoms with E-state index in [1.54, 1.807) is 4.57 Å². The van der Waals surface area contributed by atoms with Gasteiger partial charge in [0.2, 0.25) is 0 Å². The topological polar surface area (TPSA) is 52.0 Å². The zero-order valence-electron chi connectivity index (χ0n) is 20.4. The third kappa shape index (κ3) is 3.92. The summed E-state index contributed by atoms with van der Waals surface area (Å²) in [6.45, 7) is 2.04. The van der Waals surface area contributed by atoms with Crippen molar-refractivity contribution in [2.24, 2.45) is 0 Å². The van der Waals surface area contributed by atoms with Gasteiger partial charge >= 0.3 is 0 Å². The van der Waals surface area contributed by atoms with Crippen LogP contribution in [0.1, 0.15) is 52.7 Å². The number of ketones is 1. The Morgan fingerprint density at radius 1 is 0.944 bits per heavy atom. The standard InChI is InChI=1S/C31H28N2O2S/c1-21-13-15-24(16-14-21)33-29(35)27-28(32-30(33)36-20-26(34)22-9-3-2-4-10-22)25-12-6-5-11-23(25)19-31(27)17-7-8-18-31/h2-6,9-16H,7-8,17-20H2,1H3. The van der Waals surface area contributed by atoms with E-state index in [9.17, 15) is 9.59 Å². The molecule has 1 spiro atoms. The van der Waals surface area contributed by atoms with Gasteiger partial charge in [0.05, 0.1) is 22.7 Å². The lowest BCUT2D eigenvalue weighted by molar-refractivity contribution is 0.102. The number of hydrogen-bond acceptors (Lipinski definition) is 4. The van der Waals surface area contributed by atoms with Crippen molar-refractivity contribution in [1.29, 1.82) is 0 Å². The van der Waals surface area contributed by atoms with Crippen molar-refractivity contribution in [3.63, 3.8) is 0 Å². The van der Waals surface area contributed by atoms with Gasteiger partial charge in [-0.2, -0.15) is 0 Å². The molecule has 0 atom stereocenters. The average Bonchev–Trinajstić information content (AvgIpc) is 3.36. The first-order chi connectivity index (χ1) is 17.6. The van der Waals surface area contributed by atoms with E-state index in [-0.39, 0.29) is 22.5 Å². The Morgan fingerprint density at radius 2 is 1.64 bits per heavy atom. The average molecular weight is 493 g/mol. The molecule has 0 aliphatic heterocycles. The van der Waals surface area contributed by atoms with Gasteiger partial charge in [-0.15, -0.1) is 0 Å². The molecule has 1 saturated carbocycles. The summed E-state index contributed by atoms with van der Waals surface area (Å²) in [5, 5.41) is 0.566. The summed E-state index contributed by atoms with van der Waals surface area (Å²) < 4.78 is 1.75. The van der Waals surface area contributed by atoms with E-state index in [0.29, 0.717) is 10.7 Å². The number of rotatable bonds is 5. The smallest absolute Gasteiger partial charge is 0.263 e. The lowest BCUT2D eigenvalue weighted by Gasteiger charge is -2.36. The fourth-order valence-corrected chi connectivity index (χ4v) is 6.77. The Hall–Kier alpha value is -3.44. The number of nitrogens with zero attached hydrogens (tertiary/aromatic N) is 2. The van der Waals surface area contributed by atoms with Crippen LogP contribution in [0.25, 0.3) is 16.9 Å². The summed E-state index contributed by atoms with van der Waals surface area (Å²) in [6, 6.07) is 25.7. The third-order valence-corrected chi connectivity index (χ3v) is 8.60. The first-order valence-electron chi connectivity index (χ1n) is 12.6. The van der Waals surface area contributed by atoms with Gasteiger partial charge in [-0.3, -0.25) is 14.2 Å². The Bertz CT molecular complexity index is 1500. The molecule has 2 aliphatic rings. The van der Waals surface area contributed by atoms with Gasteiger partial charge in [-0.1, -0.05) is 96.9 Å². The Labute approximate surface area is 215 Å². The second-order valence-electron chi connectivity index (χ2n) is 9.99. The summed E-state index contributed by atoms with van der Waals surface area (Å²) in [6.07, 6.45) is 5.18. The normalized spacial score (nSPS) is 15.5. The Kier molecular flexibility index (Phi) is 5.88. The second kappa shape index (κ2) is 9.21. The summed E-state index contributed by atoms with van der Waals surface area (Å²) in [4.78, 5) is 32.6. The maximum absolute atomic E-state index is 14.4. The molecule has 0 unspecified atom stereocenters. The zero-order chi connectivity index (χ0) is 24.7. The molecule has 4 aromatic rings. The molecule has 5 heteroatoms. The monoisotopic (exact) mass is 492 g/mol. The van der Waals surface area contributed by atoms with Crippen LogP contribution < -0.4 is 5.56 Å². The van der Waals surface area contributed by atoms with E-state index in [1.165, 1.54) is 17.3 Å². The molecule has 0 N–H and O–H groups in total.